The SMILES string of the molecule is Cc1nc2cccc(OCCCCCCCOS(C)(=O)=O)c2c(=O)n1C1CCC(=O)NC1=O. The summed E-state index contributed by atoms with van der Waals surface area (Å²) >= 11 is 0. The van der Waals surface area contributed by atoms with Crippen molar-refractivity contribution in [1.82, 2.24) is 14.9 Å². The average Bonchev–Trinajstić information content (AvgIpc) is 2.73. The molecule has 180 valence electrons. The van der Waals surface area contributed by atoms with Gasteiger partial charge in [-0.3, -0.25) is 28.5 Å². The summed E-state index contributed by atoms with van der Waals surface area (Å²) in [7, 11) is -3.39. The molecule has 0 bridgehead atoms. The molecule has 1 aromatic carbocycles. The van der Waals surface area contributed by atoms with Crippen LogP contribution >= 0.6 is 0 Å². The Morgan fingerprint density at radius 2 is 1.79 bits per heavy atom. The molecule has 3 rings (SSSR count). The molecule has 11 heteroatoms. The zero-order valence-electron chi connectivity index (χ0n) is 18.8. The summed E-state index contributed by atoms with van der Waals surface area (Å²) in [6.07, 6.45) is 5.54. The molecule has 2 aromatic rings. The van der Waals surface area contributed by atoms with Crippen LogP contribution in [-0.4, -0.2) is 49.3 Å². The molecule has 0 saturated carbocycles. The average molecular weight is 480 g/mol. The molecule has 1 aliphatic rings. The summed E-state index contributed by atoms with van der Waals surface area (Å²) in [6, 6.07) is 4.41. The lowest BCUT2D eigenvalue weighted by Gasteiger charge is -2.24. The van der Waals surface area contributed by atoms with Crippen molar-refractivity contribution >= 4 is 32.8 Å². The Morgan fingerprint density at radius 3 is 2.48 bits per heavy atom. The molecular weight excluding hydrogens is 450 g/mol. The number of rotatable bonds is 11. The second-order valence-electron chi connectivity index (χ2n) is 8.09. The molecule has 1 atom stereocenters. The predicted octanol–water partition coefficient (Wildman–Crippen LogP) is 1.99. The molecule has 0 aliphatic carbocycles. The molecular formula is C22H29N3O7S. The van der Waals surface area contributed by atoms with Gasteiger partial charge in [0.1, 0.15) is 23.0 Å². The van der Waals surface area contributed by atoms with Gasteiger partial charge in [0.25, 0.3) is 15.7 Å². The minimum Gasteiger partial charge on any atom is -0.493 e. The first-order valence-corrected chi connectivity index (χ1v) is 12.8. The molecule has 1 aliphatic heterocycles. The third-order valence-corrected chi connectivity index (χ3v) is 6.03. The van der Waals surface area contributed by atoms with Crippen LogP contribution < -0.4 is 15.6 Å². The molecule has 2 heterocycles. The lowest BCUT2D eigenvalue weighted by Crippen LogP contribution is -2.45. The van der Waals surface area contributed by atoms with Crippen molar-refractivity contribution in [3.8, 4) is 5.75 Å². The summed E-state index contributed by atoms with van der Waals surface area (Å²) in [4.78, 5) is 41.6. The summed E-state index contributed by atoms with van der Waals surface area (Å²) < 4.78 is 33.8. The fraction of sp³-hybridized carbons (Fsp3) is 0.545. The van der Waals surface area contributed by atoms with Gasteiger partial charge in [-0.1, -0.05) is 25.3 Å². The van der Waals surface area contributed by atoms with Gasteiger partial charge >= 0.3 is 0 Å². The van der Waals surface area contributed by atoms with Crippen molar-refractivity contribution < 1.29 is 26.9 Å². The van der Waals surface area contributed by atoms with Crippen LogP contribution in [0.4, 0.5) is 0 Å². The number of nitrogens with zero attached hydrogens (tertiary/aromatic N) is 2. The van der Waals surface area contributed by atoms with Crippen molar-refractivity contribution in [3.63, 3.8) is 0 Å². The zero-order chi connectivity index (χ0) is 24.0. The largest absolute Gasteiger partial charge is 0.493 e. The summed E-state index contributed by atoms with van der Waals surface area (Å²) in [6.45, 7) is 2.26. The van der Waals surface area contributed by atoms with E-state index >= 15 is 0 Å². The van der Waals surface area contributed by atoms with Crippen molar-refractivity contribution in [1.29, 1.82) is 0 Å². The third-order valence-electron chi connectivity index (χ3n) is 5.43. The Morgan fingerprint density at radius 1 is 1.09 bits per heavy atom. The molecule has 1 N–H and O–H groups in total. The number of piperidine rings is 1. The maximum absolute atomic E-state index is 13.3. The highest BCUT2D eigenvalue weighted by Gasteiger charge is 2.30. The van der Waals surface area contributed by atoms with Gasteiger partial charge in [0, 0.05) is 6.42 Å². The lowest BCUT2D eigenvalue weighted by atomic mass is 10.1. The van der Waals surface area contributed by atoms with Crippen molar-refractivity contribution in [2.45, 2.75) is 57.9 Å². The first kappa shape index (κ1) is 24.8. The molecule has 0 spiro atoms. The number of nitrogens with one attached hydrogen (secondary N) is 1. The van der Waals surface area contributed by atoms with Crippen molar-refractivity contribution in [3.05, 3.63) is 34.4 Å². The molecule has 1 unspecified atom stereocenters. The molecule has 1 saturated heterocycles. The molecule has 2 amide bonds. The van der Waals surface area contributed by atoms with Crippen LogP contribution in [0.5, 0.6) is 5.75 Å². The van der Waals surface area contributed by atoms with E-state index in [0.717, 1.165) is 31.9 Å². The third kappa shape index (κ3) is 6.61. The van der Waals surface area contributed by atoms with Gasteiger partial charge in [-0.15, -0.1) is 0 Å². The van der Waals surface area contributed by atoms with Gasteiger partial charge in [0.15, 0.2) is 0 Å². The Kier molecular flexibility index (Phi) is 8.20. The molecule has 0 radical (unpaired) electrons. The first-order valence-electron chi connectivity index (χ1n) is 11.0. The van der Waals surface area contributed by atoms with Crippen LogP contribution in [-0.2, 0) is 23.9 Å². The number of hydrogen-bond acceptors (Lipinski definition) is 8. The molecule has 1 fully saturated rings. The minimum absolute atomic E-state index is 0.166. The number of amides is 2. The van der Waals surface area contributed by atoms with E-state index in [0.29, 0.717) is 35.5 Å². The van der Waals surface area contributed by atoms with Gasteiger partial charge in [-0.2, -0.15) is 8.42 Å². The standard InChI is InChI=1S/C22H29N3O7S/c1-15-23-16-9-8-10-18(31-13-6-4-3-5-7-14-32-33(2,29)30)20(16)22(28)25(15)17-11-12-19(26)24-21(17)27/h8-10,17H,3-7,11-14H2,1-2H3,(H,24,26,27). The Labute approximate surface area is 192 Å². The van der Waals surface area contributed by atoms with Crippen LogP contribution in [0.25, 0.3) is 10.9 Å². The van der Waals surface area contributed by atoms with E-state index in [1.54, 1.807) is 25.1 Å². The van der Waals surface area contributed by atoms with E-state index in [-0.39, 0.29) is 30.9 Å². The van der Waals surface area contributed by atoms with Gasteiger partial charge in [0.2, 0.25) is 11.8 Å². The van der Waals surface area contributed by atoms with Crippen LogP contribution in [0.15, 0.2) is 23.0 Å². The first-order chi connectivity index (χ1) is 15.7. The number of fused-ring (bicyclic) bond motifs is 1. The van der Waals surface area contributed by atoms with E-state index in [4.69, 9.17) is 8.92 Å². The van der Waals surface area contributed by atoms with E-state index in [2.05, 4.69) is 10.3 Å². The highest BCUT2D eigenvalue weighted by Crippen LogP contribution is 2.25. The van der Waals surface area contributed by atoms with E-state index in [1.807, 2.05) is 0 Å². The smallest absolute Gasteiger partial charge is 0.265 e. The number of unbranched alkanes of at least 4 members (excludes halogenated alkanes) is 4. The number of hydrogen-bond donors (Lipinski definition) is 1. The summed E-state index contributed by atoms with van der Waals surface area (Å²) in [5.74, 6) is -0.0350. The van der Waals surface area contributed by atoms with E-state index in [9.17, 15) is 22.8 Å². The zero-order valence-corrected chi connectivity index (χ0v) is 19.7. The fourth-order valence-corrected chi connectivity index (χ4v) is 4.29. The molecule has 10 nitrogen and oxygen atoms in total. The highest BCUT2D eigenvalue weighted by molar-refractivity contribution is 7.85. The second-order valence-corrected chi connectivity index (χ2v) is 9.74. The maximum Gasteiger partial charge on any atom is 0.265 e. The van der Waals surface area contributed by atoms with Crippen LogP contribution in [0.3, 0.4) is 0 Å². The quantitative estimate of drug-likeness (QED) is 0.294. The topological polar surface area (TPSA) is 134 Å². The van der Waals surface area contributed by atoms with Gasteiger partial charge in [-0.05, 0) is 38.3 Å². The number of benzene rings is 1. The molecule has 1 aromatic heterocycles. The number of ether oxygens (including phenoxy) is 1. The number of aryl methyl sites for hydroxylation is 1. The van der Waals surface area contributed by atoms with Crippen molar-refractivity contribution in [2.75, 3.05) is 19.5 Å². The number of carbonyl (C=O) groups excluding carboxylic acids is 2. The van der Waals surface area contributed by atoms with Crippen LogP contribution in [0, 0.1) is 6.92 Å². The maximum atomic E-state index is 13.3. The van der Waals surface area contributed by atoms with Crippen LogP contribution in [0.2, 0.25) is 0 Å². The number of imide groups is 1. The highest BCUT2D eigenvalue weighted by atomic mass is 32.2. The van der Waals surface area contributed by atoms with E-state index in [1.165, 1.54) is 4.57 Å². The summed E-state index contributed by atoms with van der Waals surface area (Å²) in [5.41, 5.74) is 0.123. The minimum atomic E-state index is -3.39. The Hall–Kier alpha value is -2.79. The predicted molar refractivity (Wildman–Crippen MR) is 122 cm³/mol. The van der Waals surface area contributed by atoms with Crippen molar-refractivity contribution in [2.24, 2.45) is 0 Å². The monoisotopic (exact) mass is 479 g/mol. The fourth-order valence-electron chi connectivity index (χ4n) is 3.87. The second kappa shape index (κ2) is 10.9. The van der Waals surface area contributed by atoms with E-state index < -0.39 is 22.1 Å². The number of aromatic nitrogens is 2. The van der Waals surface area contributed by atoms with Gasteiger partial charge < -0.3 is 4.74 Å². The Bertz CT molecular complexity index is 1190. The summed E-state index contributed by atoms with van der Waals surface area (Å²) in [5, 5.41) is 2.60. The normalized spacial score (nSPS) is 16.7. The van der Waals surface area contributed by atoms with Gasteiger partial charge in [-0.25, -0.2) is 4.98 Å². The lowest BCUT2D eigenvalue weighted by molar-refractivity contribution is -0.135. The molecule has 33 heavy (non-hydrogen) atoms. The van der Waals surface area contributed by atoms with Gasteiger partial charge in [0.05, 0.1) is 25.0 Å². The Balaban J connectivity index is 1.62. The number of carbonyl (C=O) groups is 2. The van der Waals surface area contributed by atoms with Crippen LogP contribution in [0.1, 0.15) is 56.8 Å².